The van der Waals surface area contributed by atoms with Gasteiger partial charge in [0.05, 0.1) is 0 Å². The standard InChI is InChI=1S/C35H44O2Si/c1-33(2,3)38(27-12-8-6-9-13-27,28-14-10-7-11-15-28)37-26-20-22-34(4)25(24-26)16-17-29-30-18-19-32(36)35(30,5)23-21-31(29)34/h6-16,18-19,26,29-31H,17,20-24H2,1-5H3/t26-,29-,30-,31-,34-,35-/m0/s1. The van der Waals surface area contributed by atoms with Gasteiger partial charge in [0.1, 0.15) is 0 Å². The van der Waals surface area contributed by atoms with E-state index in [1.807, 2.05) is 6.08 Å². The molecule has 0 aromatic heterocycles. The van der Waals surface area contributed by atoms with E-state index in [1.165, 1.54) is 23.2 Å². The number of carbonyl (C=O) groups excluding carboxylic acids is 1. The fraction of sp³-hybridized carbons (Fsp3) is 0.514. The molecular weight excluding hydrogens is 480 g/mol. The molecule has 3 heteroatoms. The predicted octanol–water partition coefficient (Wildman–Crippen LogP) is 7.24. The SMILES string of the molecule is CC(C)(C)[Si](O[C@H]1CC[C@@]2(C)C(=CC[C@@H]3[C@@H]2CC[C@]2(C)C(=O)C=C[C@@H]32)C1)(c1ccccc1)c1ccccc1. The second-order valence-electron chi connectivity index (χ2n) is 14.0. The van der Waals surface area contributed by atoms with Crippen LogP contribution < -0.4 is 10.4 Å². The Bertz CT molecular complexity index is 1220. The van der Waals surface area contributed by atoms with Crippen LogP contribution in [-0.2, 0) is 9.22 Å². The highest BCUT2D eigenvalue weighted by molar-refractivity contribution is 6.99. The number of fused-ring (bicyclic) bond motifs is 5. The molecule has 2 saturated carbocycles. The number of hydrogen-bond acceptors (Lipinski definition) is 2. The minimum atomic E-state index is -2.56. The van der Waals surface area contributed by atoms with Crippen molar-refractivity contribution in [1.29, 1.82) is 0 Å². The topological polar surface area (TPSA) is 26.3 Å². The number of hydrogen-bond donors (Lipinski definition) is 0. The lowest BCUT2D eigenvalue weighted by atomic mass is 9.48. The largest absolute Gasteiger partial charge is 0.404 e. The molecule has 2 nitrogen and oxygen atoms in total. The first kappa shape index (κ1) is 26.0. The summed E-state index contributed by atoms with van der Waals surface area (Å²) < 4.78 is 7.59. The molecule has 38 heavy (non-hydrogen) atoms. The third-order valence-corrected chi connectivity index (χ3v) is 16.2. The van der Waals surface area contributed by atoms with Crippen LogP contribution in [0.2, 0.25) is 5.04 Å². The van der Waals surface area contributed by atoms with Crippen LogP contribution in [0.3, 0.4) is 0 Å². The predicted molar refractivity (Wildman–Crippen MR) is 159 cm³/mol. The summed E-state index contributed by atoms with van der Waals surface area (Å²) in [6.07, 6.45) is 13.6. The average molecular weight is 525 g/mol. The first-order valence-electron chi connectivity index (χ1n) is 14.8. The molecule has 0 aliphatic heterocycles. The lowest BCUT2D eigenvalue weighted by Crippen LogP contribution is -2.68. The van der Waals surface area contributed by atoms with E-state index >= 15 is 0 Å². The Kier molecular flexibility index (Phi) is 6.27. The van der Waals surface area contributed by atoms with Gasteiger partial charge in [0.25, 0.3) is 8.32 Å². The van der Waals surface area contributed by atoms with Crippen LogP contribution in [0.5, 0.6) is 0 Å². The molecule has 4 aliphatic carbocycles. The molecule has 0 bridgehead atoms. The summed E-state index contributed by atoms with van der Waals surface area (Å²) in [5.41, 5.74) is 1.70. The van der Waals surface area contributed by atoms with E-state index in [2.05, 4.69) is 107 Å². The first-order valence-corrected chi connectivity index (χ1v) is 16.7. The van der Waals surface area contributed by atoms with Gasteiger partial charge in [-0.25, -0.2) is 0 Å². The summed E-state index contributed by atoms with van der Waals surface area (Å²) in [5.74, 6) is 2.04. The Morgan fingerprint density at radius 2 is 1.47 bits per heavy atom. The Morgan fingerprint density at radius 3 is 2.08 bits per heavy atom. The minimum Gasteiger partial charge on any atom is -0.404 e. The van der Waals surface area contributed by atoms with Crippen molar-refractivity contribution in [2.75, 3.05) is 0 Å². The van der Waals surface area contributed by atoms with Gasteiger partial charge in [-0.05, 0) is 83.2 Å². The molecule has 2 aromatic carbocycles. The van der Waals surface area contributed by atoms with Crippen molar-refractivity contribution in [3.05, 3.63) is 84.5 Å². The molecule has 6 rings (SSSR count). The van der Waals surface area contributed by atoms with E-state index < -0.39 is 8.32 Å². The Balaban J connectivity index is 1.33. The zero-order valence-corrected chi connectivity index (χ0v) is 24.9. The van der Waals surface area contributed by atoms with Crippen molar-refractivity contribution in [2.45, 2.75) is 84.3 Å². The fourth-order valence-electron chi connectivity index (χ4n) is 8.95. The number of allylic oxidation sites excluding steroid dienone is 3. The second-order valence-corrected chi connectivity index (χ2v) is 18.3. The molecule has 4 aliphatic rings. The van der Waals surface area contributed by atoms with Crippen LogP contribution in [0.25, 0.3) is 0 Å². The summed E-state index contributed by atoms with van der Waals surface area (Å²) >= 11 is 0. The molecule has 0 saturated heterocycles. The normalized spacial score (nSPS) is 34.8. The summed E-state index contributed by atoms with van der Waals surface area (Å²) in [6, 6.07) is 22.2. The zero-order valence-electron chi connectivity index (χ0n) is 23.9. The Labute approximate surface area is 230 Å². The van der Waals surface area contributed by atoms with Gasteiger partial charge in [-0.2, -0.15) is 0 Å². The van der Waals surface area contributed by atoms with E-state index in [9.17, 15) is 4.79 Å². The Morgan fingerprint density at radius 1 is 0.868 bits per heavy atom. The molecule has 0 spiro atoms. The molecule has 0 N–H and O–H groups in total. The summed E-state index contributed by atoms with van der Waals surface area (Å²) in [4.78, 5) is 12.7. The Hall–Kier alpha value is -2.23. The average Bonchev–Trinajstić information content (AvgIpc) is 3.22. The van der Waals surface area contributed by atoms with Gasteiger partial charge in [-0.1, -0.05) is 113 Å². The molecule has 200 valence electrons. The smallest absolute Gasteiger partial charge is 0.261 e. The van der Waals surface area contributed by atoms with Crippen LogP contribution in [0.15, 0.2) is 84.5 Å². The molecule has 2 fully saturated rings. The summed E-state index contributed by atoms with van der Waals surface area (Å²) in [7, 11) is -2.56. The van der Waals surface area contributed by atoms with Crippen LogP contribution in [0.4, 0.5) is 0 Å². The summed E-state index contributed by atoms with van der Waals surface area (Å²) in [5, 5.41) is 2.74. The van der Waals surface area contributed by atoms with E-state index in [0.29, 0.717) is 23.5 Å². The second kappa shape index (κ2) is 9.17. The zero-order chi connectivity index (χ0) is 26.8. The van der Waals surface area contributed by atoms with Crippen molar-refractivity contribution in [3.63, 3.8) is 0 Å². The van der Waals surface area contributed by atoms with Crippen LogP contribution in [0, 0.1) is 28.6 Å². The maximum atomic E-state index is 12.7. The minimum absolute atomic E-state index is 0.00231. The van der Waals surface area contributed by atoms with Crippen molar-refractivity contribution in [2.24, 2.45) is 28.6 Å². The van der Waals surface area contributed by atoms with E-state index in [-0.39, 0.29) is 22.0 Å². The van der Waals surface area contributed by atoms with Gasteiger partial charge in [0, 0.05) is 11.5 Å². The number of benzene rings is 2. The van der Waals surface area contributed by atoms with Gasteiger partial charge >= 0.3 is 0 Å². The first-order chi connectivity index (χ1) is 18.1. The molecule has 0 unspecified atom stereocenters. The van der Waals surface area contributed by atoms with Crippen LogP contribution in [-0.4, -0.2) is 20.2 Å². The van der Waals surface area contributed by atoms with Gasteiger partial charge in [0.2, 0.25) is 0 Å². The van der Waals surface area contributed by atoms with Crippen LogP contribution in [0.1, 0.15) is 73.1 Å². The molecular formula is C35H44O2Si. The monoisotopic (exact) mass is 524 g/mol. The van der Waals surface area contributed by atoms with Crippen LogP contribution >= 0.6 is 0 Å². The highest BCUT2D eigenvalue weighted by Gasteiger charge is 2.58. The van der Waals surface area contributed by atoms with Crippen molar-refractivity contribution in [1.82, 2.24) is 0 Å². The third-order valence-electron chi connectivity index (χ3n) is 11.1. The van der Waals surface area contributed by atoms with Gasteiger partial charge in [-0.3, -0.25) is 4.79 Å². The van der Waals surface area contributed by atoms with E-state index in [0.717, 1.165) is 25.7 Å². The fourth-order valence-corrected chi connectivity index (χ4v) is 13.7. The summed E-state index contributed by atoms with van der Waals surface area (Å²) in [6.45, 7) is 11.9. The molecule has 0 heterocycles. The van der Waals surface area contributed by atoms with Crippen molar-refractivity contribution >= 4 is 24.5 Å². The van der Waals surface area contributed by atoms with Crippen molar-refractivity contribution < 1.29 is 9.22 Å². The van der Waals surface area contributed by atoms with Gasteiger partial charge < -0.3 is 4.43 Å². The molecule has 2 aromatic rings. The third kappa shape index (κ3) is 3.79. The highest BCUT2D eigenvalue weighted by Crippen LogP contribution is 2.63. The number of ketones is 1. The van der Waals surface area contributed by atoms with Gasteiger partial charge in [-0.15, -0.1) is 0 Å². The lowest BCUT2D eigenvalue weighted by Gasteiger charge is -2.57. The van der Waals surface area contributed by atoms with E-state index in [4.69, 9.17) is 4.43 Å². The van der Waals surface area contributed by atoms with Crippen molar-refractivity contribution in [3.8, 4) is 0 Å². The highest BCUT2D eigenvalue weighted by atomic mass is 28.4. The van der Waals surface area contributed by atoms with Gasteiger partial charge in [0.15, 0.2) is 5.78 Å². The number of carbonyl (C=O) groups is 1. The molecule has 0 radical (unpaired) electrons. The number of rotatable bonds is 4. The molecule has 0 amide bonds. The maximum Gasteiger partial charge on any atom is 0.261 e. The van der Waals surface area contributed by atoms with E-state index in [1.54, 1.807) is 5.57 Å². The maximum absolute atomic E-state index is 12.7. The lowest BCUT2D eigenvalue weighted by molar-refractivity contribution is -0.129. The molecule has 6 atom stereocenters. The quantitative estimate of drug-likeness (QED) is 0.311.